The van der Waals surface area contributed by atoms with E-state index in [0.717, 1.165) is 24.2 Å². The summed E-state index contributed by atoms with van der Waals surface area (Å²) in [6.45, 7) is 2.82. The second-order valence-electron chi connectivity index (χ2n) is 10.5. The predicted molar refractivity (Wildman–Crippen MR) is 170 cm³/mol. The Balaban J connectivity index is 1.38. The second kappa shape index (κ2) is 13.8. The van der Waals surface area contributed by atoms with Crippen LogP contribution in [-0.2, 0) is 11.3 Å². The van der Waals surface area contributed by atoms with Crippen molar-refractivity contribution in [2.45, 2.75) is 26.3 Å². The minimum Gasteiger partial charge on any atom is -0.494 e. The van der Waals surface area contributed by atoms with E-state index in [1.165, 1.54) is 14.2 Å². The Labute approximate surface area is 261 Å². The summed E-state index contributed by atoms with van der Waals surface area (Å²) in [6, 6.07) is 18.2. The Morgan fingerprint density at radius 1 is 1.00 bits per heavy atom. The fourth-order valence-corrected chi connectivity index (χ4v) is 4.77. The number of aromatic nitrogens is 3. The van der Waals surface area contributed by atoms with Crippen molar-refractivity contribution in [1.82, 2.24) is 25.4 Å². The van der Waals surface area contributed by atoms with Crippen LogP contribution in [0.3, 0.4) is 0 Å². The number of carbonyl (C=O) groups is 3. The third-order valence-corrected chi connectivity index (χ3v) is 7.24. The molecule has 0 aliphatic heterocycles. The van der Waals surface area contributed by atoms with Crippen molar-refractivity contribution in [1.29, 1.82) is 0 Å². The van der Waals surface area contributed by atoms with Gasteiger partial charge in [-0.15, -0.1) is 10.2 Å². The molecule has 3 N–H and O–H groups in total. The molecule has 232 valence electrons. The molecule has 1 saturated carbocycles. The number of nitrogens with one attached hydrogen (secondary N) is 3. The molecule has 4 aromatic rings. The first-order chi connectivity index (χ1) is 21.8. The van der Waals surface area contributed by atoms with E-state index in [2.05, 4.69) is 31.1 Å². The summed E-state index contributed by atoms with van der Waals surface area (Å²) >= 11 is 0. The molecule has 0 atom stereocenters. The van der Waals surface area contributed by atoms with Crippen LogP contribution >= 0.6 is 0 Å². The minimum atomic E-state index is -0.448. The lowest BCUT2D eigenvalue weighted by Crippen LogP contribution is -2.27. The van der Waals surface area contributed by atoms with Gasteiger partial charge < -0.3 is 30.3 Å². The zero-order valence-electron chi connectivity index (χ0n) is 25.6. The van der Waals surface area contributed by atoms with Gasteiger partial charge in [0.05, 0.1) is 25.1 Å². The molecule has 0 spiro atoms. The number of rotatable bonds is 12. The molecule has 12 nitrogen and oxygen atoms in total. The fraction of sp³-hybridized carbons (Fsp3) is 0.273. The van der Waals surface area contributed by atoms with Crippen molar-refractivity contribution in [2.75, 3.05) is 38.4 Å². The SMILES string of the molecule is CCOc1ccccc1CN(C)C(=O)c1ccc(-c2cccc(Nc3cc(NC(=O)C4CC4)nnc3C(=O)NC)c2OC)cn1. The standard InChI is InChI=1S/C33H35N7O5/c1-5-45-27-12-7-6-9-22(27)19-40(3)33(43)25-16-15-21(18-35-25)23-10-8-11-24(30(23)44-4)36-26-17-28(37-31(41)20-13-14-20)38-39-29(26)32(42)34-2/h6-12,15-18,20H,5,13-14,19H2,1-4H3,(H,34,42)(H2,36,37,38,41). The van der Waals surface area contributed by atoms with Crippen LogP contribution in [0, 0.1) is 5.92 Å². The van der Waals surface area contributed by atoms with Gasteiger partial charge in [-0.05, 0) is 38.0 Å². The maximum Gasteiger partial charge on any atom is 0.273 e. The average Bonchev–Trinajstić information content (AvgIpc) is 3.91. The van der Waals surface area contributed by atoms with Gasteiger partial charge in [0, 0.05) is 55.5 Å². The van der Waals surface area contributed by atoms with Gasteiger partial charge in [-0.3, -0.25) is 19.4 Å². The van der Waals surface area contributed by atoms with Gasteiger partial charge in [-0.25, -0.2) is 0 Å². The molecular weight excluding hydrogens is 574 g/mol. The topological polar surface area (TPSA) is 148 Å². The number of para-hydroxylation sites is 2. The molecule has 1 fully saturated rings. The van der Waals surface area contributed by atoms with Crippen molar-refractivity contribution >= 4 is 34.9 Å². The fourth-order valence-electron chi connectivity index (χ4n) is 4.77. The number of methoxy groups -OCH3 is 1. The normalized spacial score (nSPS) is 12.2. The lowest BCUT2D eigenvalue weighted by Gasteiger charge is -2.19. The first kappa shape index (κ1) is 30.9. The maximum absolute atomic E-state index is 13.2. The number of hydrogen-bond acceptors (Lipinski definition) is 9. The predicted octanol–water partition coefficient (Wildman–Crippen LogP) is 4.67. The summed E-state index contributed by atoms with van der Waals surface area (Å²) in [5.41, 5.74) is 3.54. The van der Waals surface area contributed by atoms with Crippen molar-refractivity contribution < 1.29 is 23.9 Å². The molecule has 2 heterocycles. The number of hydrogen-bond donors (Lipinski definition) is 3. The number of anilines is 3. The number of carbonyl (C=O) groups excluding carboxylic acids is 3. The van der Waals surface area contributed by atoms with Crippen LogP contribution in [0.15, 0.2) is 66.9 Å². The van der Waals surface area contributed by atoms with E-state index < -0.39 is 5.91 Å². The van der Waals surface area contributed by atoms with Crippen molar-refractivity contribution in [3.8, 4) is 22.6 Å². The van der Waals surface area contributed by atoms with Crippen LogP contribution in [0.2, 0.25) is 0 Å². The number of pyridine rings is 1. The van der Waals surface area contributed by atoms with Gasteiger partial charge in [0.25, 0.3) is 11.8 Å². The Bertz CT molecular complexity index is 1710. The van der Waals surface area contributed by atoms with Crippen LogP contribution in [0.4, 0.5) is 17.2 Å². The summed E-state index contributed by atoms with van der Waals surface area (Å²) < 4.78 is 11.5. The van der Waals surface area contributed by atoms with E-state index >= 15 is 0 Å². The molecule has 2 aromatic heterocycles. The molecule has 1 aliphatic carbocycles. The van der Waals surface area contributed by atoms with E-state index in [1.54, 1.807) is 42.4 Å². The Kier molecular flexibility index (Phi) is 9.51. The maximum atomic E-state index is 13.2. The van der Waals surface area contributed by atoms with Crippen LogP contribution in [0.5, 0.6) is 11.5 Å². The van der Waals surface area contributed by atoms with E-state index in [4.69, 9.17) is 9.47 Å². The summed E-state index contributed by atoms with van der Waals surface area (Å²) in [5.74, 6) is 0.625. The van der Waals surface area contributed by atoms with E-state index in [0.29, 0.717) is 47.1 Å². The molecule has 12 heteroatoms. The average molecular weight is 610 g/mol. The highest BCUT2D eigenvalue weighted by molar-refractivity contribution is 6.00. The first-order valence-corrected chi connectivity index (χ1v) is 14.6. The van der Waals surface area contributed by atoms with Gasteiger partial charge in [0.15, 0.2) is 11.5 Å². The van der Waals surface area contributed by atoms with E-state index in [1.807, 2.05) is 43.3 Å². The zero-order valence-corrected chi connectivity index (χ0v) is 25.6. The van der Waals surface area contributed by atoms with Crippen LogP contribution in [0.25, 0.3) is 11.1 Å². The van der Waals surface area contributed by atoms with Crippen LogP contribution in [-0.4, -0.2) is 65.6 Å². The summed E-state index contributed by atoms with van der Waals surface area (Å²) in [5, 5.41) is 16.6. The van der Waals surface area contributed by atoms with Gasteiger partial charge in [0.1, 0.15) is 17.2 Å². The summed E-state index contributed by atoms with van der Waals surface area (Å²) in [7, 11) is 4.76. The van der Waals surface area contributed by atoms with Crippen LogP contribution in [0.1, 0.15) is 46.3 Å². The monoisotopic (exact) mass is 609 g/mol. The number of benzene rings is 2. The molecule has 0 radical (unpaired) electrons. The Hall–Kier alpha value is -5.52. The van der Waals surface area contributed by atoms with Crippen LogP contribution < -0.4 is 25.4 Å². The highest BCUT2D eigenvalue weighted by Gasteiger charge is 2.30. The molecule has 1 aliphatic rings. The largest absolute Gasteiger partial charge is 0.494 e. The molecule has 45 heavy (non-hydrogen) atoms. The molecule has 0 saturated heterocycles. The number of amides is 3. The van der Waals surface area contributed by atoms with Gasteiger partial charge >= 0.3 is 0 Å². The van der Waals surface area contributed by atoms with Crippen molar-refractivity contribution in [2.24, 2.45) is 5.92 Å². The molecule has 3 amide bonds. The molecule has 2 aromatic carbocycles. The third kappa shape index (κ3) is 7.18. The highest BCUT2D eigenvalue weighted by atomic mass is 16.5. The first-order valence-electron chi connectivity index (χ1n) is 14.6. The lowest BCUT2D eigenvalue weighted by atomic mass is 10.0. The zero-order chi connectivity index (χ0) is 31.9. The minimum absolute atomic E-state index is 0.0218. The second-order valence-corrected chi connectivity index (χ2v) is 10.5. The number of nitrogens with zero attached hydrogens (tertiary/aromatic N) is 4. The third-order valence-electron chi connectivity index (χ3n) is 7.24. The molecule has 5 rings (SSSR count). The van der Waals surface area contributed by atoms with Crippen molar-refractivity contribution in [3.63, 3.8) is 0 Å². The Morgan fingerprint density at radius 2 is 1.80 bits per heavy atom. The lowest BCUT2D eigenvalue weighted by molar-refractivity contribution is -0.117. The highest BCUT2D eigenvalue weighted by Crippen LogP contribution is 2.38. The molecule has 0 bridgehead atoms. The van der Waals surface area contributed by atoms with E-state index in [-0.39, 0.29) is 29.2 Å². The van der Waals surface area contributed by atoms with Crippen molar-refractivity contribution in [3.05, 3.63) is 83.8 Å². The quantitative estimate of drug-likeness (QED) is 0.208. The molecule has 0 unspecified atom stereocenters. The summed E-state index contributed by atoms with van der Waals surface area (Å²) in [6.07, 6.45) is 3.30. The van der Waals surface area contributed by atoms with Gasteiger partial charge in [-0.1, -0.05) is 36.4 Å². The van der Waals surface area contributed by atoms with E-state index in [9.17, 15) is 14.4 Å². The number of ether oxygens (including phenoxy) is 2. The summed E-state index contributed by atoms with van der Waals surface area (Å²) in [4.78, 5) is 44.2. The molecular formula is C33H35N7O5. The van der Waals surface area contributed by atoms with Gasteiger partial charge in [0.2, 0.25) is 5.91 Å². The van der Waals surface area contributed by atoms with Gasteiger partial charge in [-0.2, -0.15) is 0 Å². The smallest absolute Gasteiger partial charge is 0.273 e. The Morgan fingerprint density at radius 3 is 2.49 bits per heavy atom.